The molecule has 6 nitrogen and oxygen atoms in total. The normalized spacial score (nSPS) is 21.9. The van der Waals surface area contributed by atoms with Crippen LogP contribution in [0.25, 0.3) is 11.5 Å². The molecule has 2 aromatic rings. The highest BCUT2D eigenvalue weighted by atomic mass is 16.7. The predicted molar refractivity (Wildman–Crippen MR) is 109 cm³/mol. The molecule has 29 heavy (non-hydrogen) atoms. The second-order valence-corrected chi connectivity index (χ2v) is 7.79. The van der Waals surface area contributed by atoms with Gasteiger partial charge in [0.15, 0.2) is 0 Å². The second kappa shape index (κ2) is 9.55. The first-order valence-electron chi connectivity index (χ1n) is 10.4. The van der Waals surface area contributed by atoms with E-state index in [1.807, 2.05) is 19.1 Å². The average Bonchev–Trinajstić information content (AvgIpc) is 3.08. The molecule has 0 spiro atoms. The molecule has 6 heteroatoms. The van der Waals surface area contributed by atoms with Gasteiger partial charge in [-0.3, -0.25) is 0 Å². The van der Waals surface area contributed by atoms with Gasteiger partial charge in [-0.1, -0.05) is 24.1 Å². The summed E-state index contributed by atoms with van der Waals surface area (Å²) in [5.74, 6) is 0.139. The van der Waals surface area contributed by atoms with Crippen LogP contribution in [0, 0.1) is 19.8 Å². The summed E-state index contributed by atoms with van der Waals surface area (Å²) in [4.78, 5) is 16.6. The van der Waals surface area contributed by atoms with Crippen molar-refractivity contribution < 1.29 is 23.4 Å². The average molecular weight is 402 g/mol. The SMILES string of the molecule is CCOC(=O)[C@]1(C)OC[C@H](CCCCc2nc(-c3ccc(C)cc3)oc2C)CO1. The number of nitrogens with zero attached hydrogens (tertiary/aromatic N) is 1. The zero-order valence-electron chi connectivity index (χ0n) is 17.8. The number of unbranched alkanes of at least 4 members (excludes halogenated alkanes) is 1. The van der Waals surface area contributed by atoms with E-state index in [9.17, 15) is 4.79 Å². The standard InChI is InChI=1S/C23H31NO5/c1-5-26-22(25)23(4)27-14-18(15-28-23)8-6-7-9-20-17(3)29-21(24-20)19-12-10-16(2)11-13-19/h10-13,18H,5-9,14-15H2,1-4H3/t18-,23+. The minimum atomic E-state index is -1.27. The summed E-state index contributed by atoms with van der Waals surface area (Å²) in [7, 11) is 0. The van der Waals surface area contributed by atoms with Crippen LogP contribution in [0.3, 0.4) is 0 Å². The lowest BCUT2D eigenvalue weighted by atomic mass is 10.0. The smallest absolute Gasteiger partial charge is 0.366 e. The third-order valence-corrected chi connectivity index (χ3v) is 5.30. The van der Waals surface area contributed by atoms with Gasteiger partial charge in [-0.05, 0) is 52.2 Å². The van der Waals surface area contributed by atoms with Crippen LogP contribution in [0.5, 0.6) is 0 Å². The molecule has 0 radical (unpaired) electrons. The number of carbonyl (C=O) groups excluding carboxylic acids is 1. The van der Waals surface area contributed by atoms with Crippen molar-refractivity contribution in [2.24, 2.45) is 5.92 Å². The Labute approximate surface area is 172 Å². The minimum absolute atomic E-state index is 0.291. The van der Waals surface area contributed by atoms with E-state index in [1.165, 1.54) is 5.56 Å². The maximum absolute atomic E-state index is 11.9. The fraction of sp³-hybridized carbons (Fsp3) is 0.565. The zero-order valence-corrected chi connectivity index (χ0v) is 17.8. The van der Waals surface area contributed by atoms with Crippen molar-refractivity contribution in [1.29, 1.82) is 0 Å². The first-order valence-corrected chi connectivity index (χ1v) is 10.4. The van der Waals surface area contributed by atoms with Gasteiger partial charge in [0.2, 0.25) is 5.89 Å². The molecular weight excluding hydrogens is 370 g/mol. The molecule has 0 amide bonds. The fourth-order valence-corrected chi connectivity index (χ4v) is 3.40. The van der Waals surface area contributed by atoms with E-state index in [-0.39, 0.29) is 0 Å². The molecule has 1 aromatic carbocycles. The minimum Gasteiger partial charge on any atom is -0.462 e. The quantitative estimate of drug-likeness (QED) is 0.475. The van der Waals surface area contributed by atoms with Crippen LogP contribution in [0.4, 0.5) is 0 Å². The van der Waals surface area contributed by atoms with Crippen molar-refractivity contribution in [2.75, 3.05) is 19.8 Å². The Hall–Kier alpha value is -2.18. The summed E-state index contributed by atoms with van der Waals surface area (Å²) in [6.07, 6.45) is 3.93. The Balaban J connectivity index is 1.42. The maximum Gasteiger partial charge on any atom is 0.366 e. The lowest BCUT2D eigenvalue weighted by Gasteiger charge is -2.35. The third kappa shape index (κ3) is 5.46. The zero-order chi connectivity index (χ0) is 20.9. The highest BCUT2D eigenvalue weighted by Gasteiger charge is 2.41. The molecule has 0 N–H and O–H groups in total. The Morgan fingerprint density at radius 1 is 1.17 bits per heavy atom. The van der Waals surface area contributed by atoms with Gasteiger partial charge in [0.05, 0.1) is 25.5 Å². The number of esters is 1. The van der Waals surface area contributed by atoms with Crippen molar-refractivity contribution in [3.05, 3.63) is 41.3 Å². The van der Waals surface area contributed by atoms with Crippen molar-refractivity contribution in [3.8, 4) is 11.5 Å². The second-order valence-electron chi connectivity index (χ2n) is 7.79. The number of benzene rings is 1. The van der Waals surface area contributed by atoms with E-state index >= 15 is 0 Å². The van der Waals surface area contributed by atoms with Gasteiger partial charge in [-0.25, -0.2) is 9.78 Å². The Morgan fingerprint density at radius 2 is 1.86 bits per heavy atom. The van der Waals surface area contributed by atoms with Crippen molar-refractivity contribution in [2.45, 2.75) is 59.2 Å². The summed E-state index contributed by atoms with van der Waals surface area (Å²) in [6, 6.07) is 8.21. The molecule has 0 saturated carbocycles. The molecule has 1 aliphatic heterocycles. The Kier molecular flexibility index (Phi) is 7.09. The van der Waals surface area contributed by atoms with Crippen LogP contribution < -0.4 is 0 Å². The summed E-state index contributed by atoms with van der Waals surface area (Å²) in [6.45, 7) is 8.77. The molecule has 2 heterocycles. The van der Waals surface area contributed by atoms with Gasteiger partial charge in [-0.2, -0.15) is 0 Å². The molecule has 0 bridgehead atoms. The highest BCUT2D eigenvalue weighted by molar-refractivity contribution is 5.77. The lowest BCUT2D eigenvalue weighted by molar-refractivity contribution is -0.274. The molecule has 1 saturated heterocycles. The Bertz CT molecular complexity index is 803. The van der Waals surface area contributed by atoms with E-state index in [0.29, 0.717) is 31.6 Å². The van der Waals surface area contributed by atoms with Gasteiger partial charge in [0.25, 0.3) is 5.79 Å². The summed E-state index contributed by atoms with van der Waals surface area (Å²) in [5.41, 5.74) is 3.24. The van der Waals surface area contributed by atoms with E-state index in [1.54, 1.807) is 13.8 Å². The van der Waals surface area contributed by atoms with Gasteiger partial charge < -0.3 is 18.6 Å². The molecule has 1 aliphatic rings. The van der Waals surface area contributed by atoms with E-state index in [2.05, 4.69) is 24.0 Å². The number of hydrogen-bond donors (Lipinski definition) is 0. The van der Waals surface area contributed by atoms with Crippen LogP contribution in [0.1, 0.15) is 50.1 Å². The summed E-state index contributed by atoms with van der Waals surface area (Å²) < 4.78 is 22.2. The molecule has 3 rings (SSSR count). The van der Waals surface area contributed by atoms with E-state index in [4.69, 9.17) is 18.6 Å². The van der Waals surface area contributed by atoms with Gasteiger partial charge >= 0.3 is 5.97 Å². The Morgan fingerprint density at radius 3 is 2.52 bits per heavy atom. The van der Waals surface area contributed by atoms with E-state index < -0.39 is 11.8 Å². The van der Waals surface area contributed by atoms with Crippen molar-refractivity contribution >= 4 is 5.97 Å². The van der Waals surface area contributed by atoms with Gasteiger partial charge in [0.1, 0.15) is 5.76 Å². The van der Waals surface area contributed by atoms with Crippen LogP contribution >= 0.6 is 0 Å². The number of oxazole rings is 1. The third-order valence-electron chi connectivity index (χ3n) is 5.30. The maximum atomic E-state index is 11.9. The molecule has 1 aromatic heterocycles. The number of rotatable bonds is 8. The first-order chi connectivity index (χ1) is 13.9. The molecule has 0 aliphatic carbocycles. The largest absolute Gasteiger partial charge is 0.462 e. The summed E-state index contributed by atoms with van der Waals surface area (Å²) >= 11 is 0. The van der Waals surface area contributed by atoms with Gasteiger partial charge in [0, 0.05) is 18.4 Å². The monoisotopic (exact) mass is 401 g/mol. The predicted octanol–water partition coefficient (Wildman–Crippen LogP) is 4.61. The number of carbonyl (C=O) groups is 1. The fourth-order valence-electron chi connectivity index (χ4n) is 3.40. The van der Waals surface area contributed by atoms with Crippen LogP contribution in [-0.4, -0.2) is 36.6 Å². The molecule has 0 unspecified atom stereocenters. The van der Waals surface area contributed by atoms with E-state index in [0.717, 1.165) is 42.7 Å². The molecule has 1 fully saturated rings. The topological polar surface area (TPSA) is 70.8 Å². The summed E-state index contributed by atoms with van der Waals surface area (Å²) in [5, 5.41) is 0. The number of aryl methyl sites for hydroxylation is 3. The number of ether oxygens (including phenoxy) is 3. The van der Waals surface area contributed by atoms with Crippen LogP contribution in [-0.2, 0) is 25.4 Å². The number of aromatic nitrogens is 1. The van der Waals surface area contributed by atoms with Gasteiger partial charge in [-0.15, -0.1) is 0 Å². The van der Waals surface area contributed by atoms with Crippen molar-refractivity contribution in [1.82, 2.24) is 4.98 Å². The van der Waals surface area contributed by atoms with Crippen molar-refractivity contribution in [3.63, 3.8) is 0 Å². The van der Waals surface area contributed by atoms with Crippen LogP contribution in [0.15, 0.2) is 28.7 Å². The number of hydrogen-bond acceptors (Lipinski definition) is 6. The lowest BCUT2D eigenvalue weighted by Crippen LogP contribution is -2.48. The molecule has 0 atom stereocenters. The first kappa shape index (κ1) is 21.5. The van der Waals surface area contributed by atoms with Crippen LogP contribution in [0.2, 0.25) is 0 Å². The molecule has 158 valence electrons. The highest BCUT2D eigenvalue weighted by Crippen LogP contribution is 2.27. The molecular formula is C23H31NO5.